The number of aryl methyl sites for hydroxylation is 1. The number of pyridine rings is 1. The largest absolute Gasteiger partial charge is 0.432 e. The number of fused-ring (bicyclic) bond motifs is 5. The quantitative estimate of drug-likeness (QED) is 0.665. The molecule has 0 N–H and O–H groups in total. The summed E-state index contributed by atoms with van der Waals surface area (Å²) in [6.07, 6.45) is 2.44. The van der Waals surface area contributed by atoms with Crippen molar-refractivity contribution in [1.82, 2.24) is 15.0 Å². The highest BCUT2D eigenvalue weighted by molar-refractivity contribution is 6.06. The van der Waals surface area contributed by atoms with Crippen molar-refractivity contribution in [1.29, 1.82) is 0 Å². The molecule has 0 aromatic carbocycles. The van der Waals surface area contributed by atoms with E-state index in [4.69, 9.17) is 18.9 Å². The Balaban J connectivity index is 1.78. The topological polar surface area (TPSA) is 73.5 Å². The summed E-state index contributed by atoms with van der Waals surface area (Å²) in [5, 5.41) is 1.01. The van der Waals surface area contributed by atoms with E-state index in [0.717, 1.165) is 47.5 Å². The van der Waals surface area contributed by atoms with Crippen molar-refractivity contribution in [2.45, 2.75) is 39.4 Å². The van der Waals surface area contributed by atoms with Crippen LogP contribution < -0.4 is 4.90 Å². The van der Waals surface area contributed by atoms with E-state index >= 15 is 0 Å². The molecule has 2 aliphatic rings. The zero-order chi connectivity index (χ0) is 17.9. The maximum atomic E-state index is 6.19. The van der Waals surface area contributed by atoms with Gasteiger partial charge in [-0.1, -0.05) is 0 Å². The maximum absolute atomic E-state index is 6.19. The minimum Gasteiger partial charge on any atom is -0.432 e. The average Bonchev–Trinajstić information content (AvgIpc) is 2.99. The fourth-order valence-corrected chi connectivity index (χ4v) is 3.96. The van der Waals surface area contributed by atoms with E-state index < -0.39 is 0 Å². The van der Waals surface area contributed by atoms with Crippen LogP contribution in [0.25, 0.3) is 22.2 Å². The molecule has 0 unspecified atom stereocenters. The molecule has 136 valence electrons. The molecule has 0 saturated carbocycles. The Kier molecular flexibility index (Phi) is 3.45. The number of aromatic nitrogens is 3. The summed E-state index contributed by atoms with van der Waals surface area (Å²) in [5.41, 5.74) is 5.36. The predicted molar refractivity (Wildman–Crippen MR) is 97.4 cm³/mol. The van der Waals surface area contributed by atoms with Crippen LogP contribution in [0.3, 0.4) is 0 Å². The molecule has 3 aromatic heterocycles. The van der Waals surface area contributed by atoms with Crippen molar-refractivity contribution in [2.24, 2.45) is 0 Å². The molecular weight excluding hydrogens is 332 g/mol. The van der Waals surface area contributed by atoms with E-state index in [1.165, 1.54) is 5.56 Å². The van der Waals surface area contributed by atoms with Crippen LogP contribution in [-0.4, -0.2) is 46.9 Å². The van der Waals surface area contributed by atoms with Crippen LogP contribution in [0.15, 0.2) is 10.7 Å². The Hall–Kier alpha value is -2.25. The van der Waals surface area contributed by atoms with E-state index in [1.54, 1.807) is 6.33 Å². The average molecular weight is 354 g/mol. The first kappa shape index (κ1) is 16.0. The van der Waals surface area contributed by atoms with Gasteiger partial charge in [0.2, 0.25) is 5.71 Å². The molecule has 0 radical (unpaired) electrons. The van der Waals surface area contributed by atoms with E-state index in [-0.39, 0.29) is 5.60 Å². The molecule has 0 bridgehead atoms. The fourth-order valence-electron chi connectivity index (χ4n) is 3.96. The van der Waals surface area contributed by atoms with Gasteiger partial charge in [0.15, 0.2) is 11.4 Å². The number of hydrogen-bond acceptors (Lipinski definition) is 7. The number of ether oxygens (including phenoxy) is 2. The third-order valence-corrected chi connectivity index (χ3v) is 5.33. The van der Waals surface area contributed by atoms with Gasteiger partial charge in [-0.05, 0) is 26.3 Å². The molecule has 1 fully saturated rings. The normalized spacial score (nSPS) is 19.9. The molecule has 26 heavy (non-hydrogen) atoms. The lowest BCUT2D eigenvalue weighted by Gasteiger charge is -2.32. The van der Waals surface area contributed by atoms with Crippen LogP contribution in [0.1, 0.15) is 30.7 Å². The maximum Gasteiger partial charge on any atom is 0.229 e. The number of nitrogens with zero attached hydrogens (tertiary/aromatic N) is 4. The summed E-state index contributed by atoms with van der Waals surface area (Å²) < 4.78 is 17.7. The highest BCUT2D eigenvalue weighted by Gasteiger charge is 2.32. The van der Waals surface area contributed by atoms with Gasteiger partial charge < -0.3 is 18.8 Å². The molecule has 7 heteroatoms. The second-order valence-electron chi connectivity index (χ2n) is 7.64. The second-order valence-corrected chi connectivity index (χ2v) is 7.64. The first-order valence-electron chi connectivity index (χ1n) is 9.06. The van der Waals surface area contributed by atoms with Gasteiger partial charge in [-0.2, -0.15) is 0 Å². The molecule has 0 amide bonds. The minimum atomic E-state index is -0.211. The van der Waals surface area contributed by atoms with Crippen molar-refractivity contribution in [3.63, 3.8) is 0 Å². The van der Waals surface area contributed by atoms with Gasteiger partial charge in [0.05, 0.1) is 30.8 Å². The van der Waals surface area contributed by atoms with Gasteiger partial charge in [0.25, 0.3) is 0 Å². The monoisotopic (exact) mass is 354 g/mol. The highest BCUT2D eigenvalue weighted by atomic mass is 16.5. The van der Waals surface area contributed by atoms with Gasteiger partial charge in [-0.15, -0.1) is 0 Å². The molecule has 0 aliphatic carbocycles. The molecule has 5 heterocycles. The number of rotatable bonds is 1. The van der Waals surface area contributed by atoms with E-state index in [2.05, 4.69) is 28.7 Å². The van der Waals surface area contributed by atoms with Crippen LogP contribution in [0.4, 0.5) is 5.82 Å². The smallest absolute Gasteiger partial charge is 0.229 e. The molecule has 0 spiro atoms. The summed E-state index contributed by atoms with van der Waals surface area (Å²) in [5.74, 6) is 0.828. The lowest BCUT2D eigenvalue weighted by molar-refractivity contribution is -0.0400. The second kappa shape index (κ2) is 5.62. The predicted octanol–water partition coefficient (Wildman–Crippen LogP) is 2.77. The molecule has 3 aromatic rings. The Labute approximate surface area is 151 Å². The summed E-state index contributed by atoms with van der Waals surface area (Å²) in [6.45, 7) is 9.83. The molecule has 5 rings (SSSR count). The van der Waals surface area contributed by atoms with E-state index in [1.807, 2.05) is 6.92 Å². The lowest BCUT2D eigenvalue weighted by Crippen LogP contribution is -2.36. The summed E-state index contributed by atoms with van der Waals surface area (Å²) in [4.78, 5) is 16.0. The van der Waals surface area contributed by atoms with Gasteiger partial charge >= 0.3 is 0 Å². The summed E-state index contributed by atoms with van der Waals surface area (Å²) >= 11 is 0. The van der Waals surface area contributed by atoms with E-state index in [9.17, 15) is 0 Å². The van der Waals surface area contributed by atoms with Crippen molar-refractivity contribution in [2.75, 3.05) is 31.2 Å². The highest BCUT2D eigenvalue weighted by Crippen LogP contribution is 2.39. The molecule has 2 aliphatic heterocycles. The van der Waals surface area contributed by atoms with Crippen molar-refractivity contribution < 1.29 is 13.9 Å². The van der Waals surface area contributed by atoms with Crippen molar-refractivity contribution in [3.8, 4) is 0 Å². The Morgan fingerprint density at radius 2 is 1.92 bits per heavy atom. The number of anilines is 1. The zero-order valence-electron chi connectivity index (χ0n) is 15.3. The Morgan fingerprint density at radius 1 is 1.12 bits per heavy atom. The van der Waals surface area contributed by atoms with E-state index in [0.29, 0.717) is 31.1 Å². The first-order chi connectivity index (χ1) is 12.5. The summed E-state index contributed by atoms with van der Waals surface area (Å²) in [6, 6.07) is 0. The zero-order valence-corrected chi connectivity index (χ0v) is 15.3. The Bertz CT molecular complexity index is 1010. The van der Waals surface area contributed by atoms with Crippen molar-refractivity contribution >= 4 is 28.0 Å². The van der Waals surface area contributed by atoms with Gasteiger partial charge in [0.1, 0.15) is 11.8 Å². The number of hydrogen-bond donors (Lipinski definition) is 0. The fraction of sp³-hybridized carbons (Fsp3) is 0.526. The molecule has 0 atom stereocenters. The third kappa shape index (κ3) is 2.38. The van der Waals surface area contributed by atoms with Gasteiger partial charge in [0, 0.05) is 30.8 Å². The Morgan fingerprint density at radius 3 is 2.73 bits per heavy atom. The van der Waals surface area contributed by atoms with Crippen molar-refractivity contribution in [3.05, 3.63) is 23.1 Å². The van der Waals surface area contributed by atoms with Gasteiger partial charge in [-0.3, -0.25) is 0 Å². The van der Waals surface area contributed by atoms with Crippen LogP contribution in [0, 0.1) is 6.92 Å². The molecular formula is C19H22N4O3. The van der Waals surface area contributed by atoms with Crippen LogP contribution in [0.5, 0.6) is 0 Å². The number of furan rings is 1. The van der Waals surface area contributed by atoms with Crippen LogP contribution in [0.2, 0.25) is 0 Å². The minimum absolute atomic E-state index is 0.211. The standard InChI is InChI=1S/C19H22N4O3/c1-11-13-9-25-19(2,3)8-12(13)14-15-16(26-18(14)22-11)17(21-10-20-15)23-4-6-24-7-5-23/h10H,4-9H2,1-3H3. The lowest BCUT2D eigenvalue weighted by atomic mass is 9.89. The molecule has 1 saturated heterocycles. The van der Waals surface area contributed by atoms with Crippen LogP contribution in [-0.2, 0) is 22.5 Å². The van der Waals surface area contributed by atoms with Gasteiger partial charge in [-0.25, -0.2) is 15.0 Å². The third-order valence-electron chi connectivity index (χ3n) is 5.33. The molecule has 7 nitrogen and oxygen atoms in total. The summed E-state index contributed by atoms with van der Waals surface area (Å²) in [7, 11) is 0. The number of morpholine rings is 1. The first-order valence-corrected chi connectivity index (χ1v) is 9.06. The SMILES string of the molecule is Cc1nc2oc3c(N4CCOCC4)ncnc3c2c2c1COC(C)(C)C2. The van der Waals surface area contributed by atoms with Crippen LogP contribution >= 0.6 is 0 Å².